The quantitative estimate of drug-likeness (QED) is 0.729. The summed E-state index contributed by atoms with van der Waals surface area (Å²) >= 11 is 0. The molecule has 0 aliphatic carbocycles. The monoisotopic (exact) mass is 256 g/mol. The van der Waals surface area contributed by atoms with Crippen molar-refractivity contribution in [2.24, 2.45) is 5.92 Å². The Hall–Kier alpha value is -1.83. The van der Waals surface area contributed by atoms with E-state index in [4.69, 9.17) is 4.74 Å². The van der Waals surface area contributed by atoms with Crippen molar-refractivity contribution in [2.75, 3.05) is 0 Å². The zero-order valence-electron chi connectivity index (χ0n) is 11.2. The number of ether oxygens (including phenoxy) is 1. The molecule has 0 spiro atoms. The van der Waals surface area contributed by atoms with Crippen molar-refractivity contribution in [2.45, 2.75) is 26.4 Å². The van der Waals surface area contributed by atoms with Crippen LogP contribution in [0.15, 0.2) is 42.5 Å². The minimum atomic E-state index is -0.177. The van der Waals surface area contributed by atoms with Gasteiger partial charge in [0.15, 0.2) is 0 Å². The SMILES string of the molecule is CC(C)C1c2cc(F)ccc2COc2ccccc21. The maximum atomic E-state index is 13.6. The lowest BCUT2D eigenvalue weighted by Crippen LogP contribution is -2.10. The summed E-state index contributed by atoms with van der Waals surface area (Å²) in [5, 5.41) is 0. The van der Waals surface area contributed by atoms with Crippen LogP contribution in [0.4, 0.5) is 4.39 Å². The second kappa shape index (κ2) is 4.69. The number of rotatable bonds is 1. The Kier molecular flexibility index (Phi) is 3.02. The maximum Gasteiger partial charge on any atom is 0.123 e. The van der Waals surface area contributed by atoms with Gasteiger partial charge in [0.25, 0.3) is 0 Å². The predicted molar refractivity (Wildman–Crippen MR) is 73.9 cm³/mol. The van der Waals surface area contributed by atoms with Gasteiger partial charge in [-0.1, -0.05) is 38.1 Å². The molecule has 0 aromatic heterocycles. The minimum absolute atomic E-state index is 0.177. The molecule has 0 bridgehead atoms. The van der Waals surface area contributed by atoms with E-state index in [1.165, 1.54) is 6.07 Å². The van der Waals surface area contributed by atoms with Crippen molar-refractivity contribution in [3.63, 3.8) is 0 Å². The predicted octanol–water partition coefficient (Wildman–Crippen LogP) is 4.51. The molecule has 2 heteroatoms. The van der Waals surface area contributed by atoms with Crippen molar-refractivity contribution >= 4 is 0 Å². The molecule has 0 saturated heterocycles. The number of benzene rings is 2. The third kappa shape index (κ3) is 2.12. The molecular weight excluding hydrogens is 239 g/mol. The van der Waals surface area contributed by atoms with Crippen LogP contribution in [0.25, 0.3) is 0 Å². The van der Waals surface area contributed by atoms with Gasteiger partial charge in [0.05, 0.1) is 0 Å². The molecule has 98 valence electrons. The summed E-state index contributed by atoms with van der Waals surface area (Å²) in [6.07, 6.45) is 0. The smallest absolute Gasteiger partial charge is 0.123 e. The highest BCUT2D eigenvalue weighted by Gasteiger charge is 2.27. The zero-order valence-corrected chi connectivity index (χ0v) is 11.2. The van der Waals surface area contributed by atoms with Gasteiger partial charge in [0.2, 0.25) is 0 Å². The van der Waals surface area contributed by atoms with Crippen LogP contribution in [-0.2, 0) is 6.61 Å². The van der Waals surface area contributed by atoms with Crippen molar-refractivity contribution < 1.29 is 9.13 Å². The van der Waals surface area contributed by atoms with Crippen molar-refractivity contribution in [1.82, 2.24) is 0 Å². The topological polar surface area (TPSA) is 9.23 Å². The second-order valence-corrected chi connectivity index (χ2v) is 5.39. The highest BCUT2D eigenvalue weighted by molar-refractivity contribution is 5.47. The lowest BCUT2D eigenvalue weighted by molar-refractivity contribution is 0.306. The fraction of sp³-hybridized carbons (Fsp3) is 0.294. The largest absolute Gasteiger partial charge is 0.489 e. The van der Waals surface area contributed by atoms with Gasteiger partial charge in [-0.05, 0) is 35.2 Å². The van der Waals surface area contributed by atoms with Crippen LogP contribution in [0.2, 0.25) is 0 Å². The van der Waals surface area contributed by atoms with Crippen molar-refractivity contribution in [3.05, 3.63) is 65.0 Å². The maximum absolute atomic E-state index is 13.6. The van der Waals surface area contributed by atoms with E-state index < -0.39 is 0 Å². The second-order valence-electron chi connectivity index (χ2n) is 5.39. The van der Waals surface area contributed by atoms with E-state index in [1.54, 1.807) is 6.07 Å². The van der Waals surface area contributed by atoms with E-state index in [-0.39, 0.29) is 11.7 Å². The van der Waals surface area contributed by atoms with Gasteiger partial charge < -0.3 is 4.74 Å². The fourth-order valence-electron chi connectivity index (χ4n) is 2.90. The molecule has 0 fully saturated rings. The Morgan fingerprint density at radius 1 is 1.11 bits per heavy atom. The van der Waals surface area contributed by atoms with Gasteiger partial charge in [-0.25, -0.2) is 4.39 Å². The van der Waals surface area contributed by atoms with E-state index in [0.29, 0.717) is 12.5 Å². The van der Waals surface area contributed by atoms with Crippen molar-refractivity contribution in [3.8, 4) is 5.75 Å². The Labute approximate surface area is 113 Å². The molecule has 1 aliphatic rings. The van der Waals surface area contributed by atoms with Crippen LogP contribution < -0.4 is 4.74 Å². The lowest BCUT2D eigenvalue weighted by Gasteiger charge is -2.22. The van der Waals surface area contributed by atoms with Crippen LogP contribution in [0.3, 0.4) is 0 Å². The van der Waals surface area contributed by atoms with Gasteiger partial charge in [0, 0.05) is 11.5 Å². The van der Waals surface area contributed by atoms with E-state index in [2.05, 4.69) is 19.9 Å². The average Bonchev–Trinajstić information content (AvgIpc) is 2.54. The van der Waals surface area contributed by atoms with Crippen LogP contribution in [-0.4, -0.2) is 0 Å². The fourth-order valence-corrected chi connectivity index (χ4v) is 2.90. The van der Waals surface area contributed by atoms with Crippen LogP contribution in [0.1, 0.15) is 36.5 Å². The number of fused-ring (bicyclic) bond motifs is 2. The molecule has 0 amide bonds. The van der Waals surface area contributed by atoms with Crippen molar-refractivity contribution in [1.29, 1.82) is 0 Å². The molecule has 1 atom stereocenters. The summed E-state index contributed by atoms with van der Waals surface area (Å²) in [6.45, 7) is 4.85. The van der Waals surface area contributed by atoms with E-state index in [9.17, 15) is 4.39 Å². The Morgan fingerprint density at radius 2 is 1.89 bits per heavy atom. The van der Waals surface area contributed by atoms with Gasteiger partial charge in [-0.3, -0.25) is 0 Å². The van der Waals surface area contributed by atoms with Gasteiger partial charge in [-0.2, -0.15) is 0 Å². The Bertz CT molecular complexity index is 604. The lowest BCUT2D eigenvalue weighted by atomic mass is 9.81. The third-order valence-corrected chi connectivity index (χ3v) is 3.75. The summed E-state index contributed by atoms with van der Waals surface area (Å²) in [7, 11) is 0. The highest BCUT2D eigenvalue weighted by atomic mass is 19.1. The number of hydrogen-bond donors (Lipinski definition) is 0. The summed E-state index contributed by atoms with van der Waals surface area (Å²) in [5.41, 5.74) is 3.29. The summed E-state index contributed by atoms with van der Waals surface area (Å²) < 4.78 is 19.5. The highest BCUT2D eigenvalue weighted by Crippen LogP contribution is 2.41. The number of para-hydroxylation sites is 1. The molecule has 1 aliphatic heterocycles. The third-order valence-electron chi connectivity index (χ3n) is 3.75. The first-order chi connectivity index (χ1) is 9.16. The minimum Gasteiger partial charge on any atom is -0.489 e. The first-order valence-electron chi connectivity index (χ1n) is 6.67. The van der Waals surface area contributed by atoms with Gasteiger partial charge >= 0.3 is 0 Å². The van der Waals surface area contributed by atoms with Crippen LogP contribution in [0.5, 0.6) is 5.75 Å². The first-order valence-corrected chi connectivity index (χ1v) is 6.67. The van der Waals surface area contributed by atoms with Crippen LogP contribution in [0, 0.1) is 11.7 Å². The standard InChI is InChI=1S/C17H17FO/c1-11(2)17-14-5-3-4-6-16(14)19-10-12-7-8-13(18)9-15(12)17/h3-9,11,17H,10H2,1-2H3. The number of halogens is 1. The molecule has 19 heavy (non-hydrogen) atoms. The molecule has 0 radical (unpaired) electrons. The summed E-state index contributed by atoms with van der Waals surface area (Å²) in [6, 6.07) is 13.1. The Balaban J connectivity index is 2.23. The van der Waals surface area contributed by atoms with Crippen LogP contribution >= 0.6 is 0 Å². The van der Waals surface area contributed by atoms with E-state index in [0.717, 1.165) is 22.4 Å². The summed E-state index contributed by atoms with van der Waals surface area (Å²) in [5.74, 6) is 1.31. The molecule has 0 N–H and O–H groups in total. The van der Waals surface area contributed by atoms with E-state index >= 15 is 0 Å². The molecule has 3 rings (SSSR count). The zero-order chi connectivity index (χ0) is 13.4. The van der Waals surface area contributed by atoms with Gasteiger partial charge in [0.1, 0.15) is 18.2 Å². The molecule has 0 saturated carbocycles. The molecular formula is C17H17FO. The molecule has 2 aromatic carbocycles. The number of hydrogen-bond acceptors (Lipinski definition) is 1. The van der Waals surface area contributed by atoms with Gasteiger partial charge in [-0.15, -0.1) is 0 Å². The summed E-state index contributed by atoms with van der Waals surface area (Å²) in [4.78, 5) is 0. The first kappa shape index (κ1) is 12.2. The molecule has 1 nitrogen and oxygen atoms in total. The average molecular weight is 256 g/mol. The Morgan fingerprint density at radius 3 is 2.68 bits per heavy atom. The van der Waals surface area contributed by atoms with E-state index in [1.807, 2.05) is 24.3 Å². The molecule has 2 aromatic rings. The molecule has 1 heterocycles. The normalized spacial score (nSPS) is 17.4. The molecule has 1 unspecified atom stereocenters.